The molecule has 1 aliphatic rings. The van der Waals surface area contributed by atoms with Gasteiger partial charge in [-0.05, 0) is 76.7 Å². The number of halogens is 2. The van der Waals surface area contributed by atoms with Crippen molar-refractivity contribution in [2.75, 3.05) is 20.3 Å². The van der Waals surface area contributed by atoms with Crippen LogP contribution in [0, 0.1) is 29.4 Å². The summed E-state index contributed by atoms with van der Waals surface area (Å²) in [5.74, 6) is 0.695. The maximum absolute atomic E-state index is 14.5. The molecule has 3 atom stereocenters. The topological polar surface area (TPSA) is 57.1 Å². The molecule has 41 heavy (non-hydrogen) atoms. The highest BCUT2D eigenvalue weighted by atomic mass is 19.1. The summed E-state index contributed by atoms with van der Waals surface area (Å²) in [5, 5.41) is 0. The number of ketones is 1. The molecule has 1 aromatic rings. The number of benzene rings is 1. The van der Waals surface area contributed by atoms with E-state index in [-0.39, 0.29) is 23.5 Å². The SMILES string of the molecule is C=C(COC)N=C(OC=CC)C(C)=CCCC(CCC)C1CC1CCOc1cc(F)c(CC(=O)C(C)=CC)c(F)c1. The summed E-state index contributed by atoms with van der Waals surface area (Å²) < 4.78 is 45.6. The van der Waals surface area contributed by atoms with Gasteiger partial charge < -0.3 is 14.2 Å². The van der Waals surface area contributed by atoms with Gasteiger partial charge in [-0.2, -0.15) is 0 Å². The number of aliphatic imine (C=N–C) groups is 1. The van der Waals surface area contributed by atoms with Crippen molar-refractivity contribution in [1.82, 2.24) is 0 Å². The second kappa shape index (κ2) is 17.7. The Bertz CT molecular complexity index is 1130. The van der Waals surface area contributed by atoms with Crippen molar-refractivity contribution in [2.45, 2.75) is 79.6 Å². The van der Waals surface area contributed by atoms with Crippen LogP contribution >= 0.6 is 0 Å². The number of carbonyl (C=O) groups is 1. The molecule has 0 aromatic heterocycles. The maximum atomic E-state index is 14.5. The molecule has 5 nitrogen and oxygen atoms in total. The molecule has 7 heteroatoms. The van der Waals surface area contributed by atoms with E-state index >= 15 is 0 Å². The Balaban J connectivity index is 1.90. The molecular weight excluding hydrogens is 524 g/mol. The third kappa shape index (κ3) is 11.4. The zero-order valence-electron chi connectivity index (χ0n) is 25.6. The molecule has 1 aromatic carbocycles. The van der Waals surface area contributed by atoms with Crippen LogP contribution in [-0.2, 0) is 20.7 Å². The van der Waals surface area contributed by atoms with Crippen molar-refractivity contribution >= 4 is 11.7 Å². The van der Waals surface area contributed by atoms with E-state index in [1.165, 1.54) is 18.6 Å². The summed E-state index contributed by atoms with van der Waals surface area (Å²) in [6, 6.07) is 2.36. The van der Waals surface area contributed by atoms with Crippen LogP contribution in [0.15, 0.2) is 65.0 Å². The van der Waals surface area contributed by atoms with Gasteiger partial charge in [-0.25, -0.2) is 13.8 Å². The molecule has 3 unspecified atom stereocenters. The summed E-state index contributed by atoms with van der Waals surface area (Å²) >= 11 is 0. The highest BCUT2D eigenvalue weighted by molar-refractivity contribution is 5.96. The largest absolute Gasteiger partial charge is 0.493 e. The Morgan fingerprint density at radius 1 is 1.17 bits per heavy atom. The summed E-state index contributed by atoms with van der Waals surface area (Å²) in [7, 11) is 1.61. The van der Waals surface area contributed by atoms with Gasteiger partial charge in [0.25, 0.3) is 0 Å². The average Bonchev–Trinajstić information content (AvgIpc) is 3.71. The molecule has 0 radical (unpaired) electrons. The molecular formula is C34H47F2NO4. The first-order valence-corrected chi connectivity index (χ1v) is 14.6. The Hall–Kier alpha value is -3.06. The number of methoxy groups -OCH3 is 1. The van der Waals surface area contributed by atoms with Crippen LogP contribution < -0.4 is 4.74 Å². The minimum absolute atomic E-state index is 0.160. The molecule has 0 N–H and O–H groups in total. The second-order valence-corrected chi connectivity index (χ2v) is 10.8. The van der Waals surface area contributed by atoms with Gasteiger partial charge in [-0.15, -0.1) is 0 Å². The highest BCUT2D eigenvalue weighted by Crippen LogP contribution is 2.49. The standard InChI is InChI=1S/C34H47F2NO4/c1-8-12-26(14-11-13-24(5)34(41-16-9-2)37-25(6)22-39-7)29-18-27(29)15-17-40-28-19-31(35)30(32(36)20-28)21-33(38)23(4)10-3/h9-10,13,16,19-20,26-27,29H,6,8,11-12,14-15,17-18,21-22H2,1-5,7H3. The number of ether oxygens (including phenoxy) is 3. The van der Waals surface area contributed by atoms with E-state index in [1.807, 2.05) is 19.9 Å². The first kappa shape index (κ1) is 34.1. The fourth-order valence-electron chi connectivity index (χ4n) is 5.03. The van der Waals surface area contributed by atoms with Gasteiger partial charge in [0, 0.05) is 36.8 Å². The van der Waals surface area contributed by atoms with Crippen LogP contribution in [0.4, 0.5) is 8.78 Å². The van der Waals surface area contributed by atoms with Crippen LogP contribution in [0.2, 0.25) is 0 Å². The average molecular weight is 572 g/mol. The summed E-state index contributed by atoms with van der Waals surface area (Å²) in [5.41, 5.74) is 1.83. The zero-order chi connectivity index (χ0) is 30.4. The van der Waals surface area contributed by atoms with Gasteiger partial charge >= 0.3 is 0 Å². The number of carbonyl (C=O) groups excluding carboxylic acids is 1. The number of hydrogen-bond donors (Lipinski definition) is 0. The molecule has 0 heterocycles. The van der Waals surface area contributed by atoms with Crippen LogP contribution in [0.25, 0.3) is 0 Å². The van der Waals surface area contributed by atoms with Crippen molar-refractivity contribution in [1.29, 1.82) is 0 Å². The first-order valence-electron chi connectivity index (χ1n) is 14.6. The van der Waals surface area contributed by atoms with Crippen molar-refractivity contribution in [3.05, 3.63) is 77.2 Å². The van der Waals surface area contributed by atoms with E-state index in [4.69, 9.17) is 14.2 Å². The van der Waals surface area contributed by atoms with Gasteiger partial charge in [0.1, 0.15) is 17.4 Å². The fourth-order valence-corrected chi connectivity index (χ4v) is 5.03. The van der Waals surface area contributed by atoms with Crippen LogP contribution in [-0.4, -0.2) is 32.0 Å². The molecule has 0 aliphatic heterocycles. The molecule has 0 saturated heterocycles. The Morgan fingerprint density at radius 3 is 2.49 bits per heavy atom. The quantitative estimate of drug-likeness (QED) is 0.0765. The van der Waals surface area contributed by atoms with Crippen LogP contribution in [0.5, 0.6) is 5.75 Å². The van der Waals surface area contributed by atoms with Crippen LogP contribution in [0.1, 0.15) is 78.7 Å². The lowest BCUT2D eigenvalue weighted by molar-refractivity contribution is -0.115. The zero-order valence-corrected chi connectivity index (χ0v) is 25.6. The lowest BCUT2D eigenvalue weighted by Gasteiger charge is -2.16. The van der Waals surface area contributed by atoms with Gasteiger partial charge in [-0.3, -0.25) is 4.79 Å². The molecule has 0 spiro atoms. The monoisotopic (exact) mass is 571 g/mol. The minimum atomic E-state index is -0.750. The molecule has 226 valence electrons. The summed E-state index contributed by atoms with van der Waals surface area (Å²) in [6.45, 7) is 14.1. The molecule has 1 fully saturated rings. The predicted molar refractivity (Wildman–Crippen MR) is 162 cm³/mol. The van der Waals surface area contributed by atoms with E-state index in [1.54, 1.807) is 33.3 Å². The summed E-state index contributed by atoms with van der Waals surface area (Å²) in [4.78, 5) is 16.6. The van der Waals surface area contributed by atoms with Gasteiger partial charge in [-0.1, -0.05) is 44.6 Å². The summed E-state index contributed by atoms with van der Waals surface area (Å²) in [6.07, 6.45) is 13.2. The predicted octanol–water partition coefficient (Wildman–Crippen LogP) is 8.70. The molecule has 2 rings (SSSR count). The minimum Gasteiger partial charge on any atom is -0.493 e. The Labute approximate surface area is 245 Å². The van der Waals surface area contributed by atoms with Crippen molar-refractivity contribution < 1.29 is 27.8 Å². The third-order valence-electron chi connectivity index (χ3n) is 7.54. The third-order valence-corrected chi connectivity index (χ3v) is 7.54. The van der Waals surface area contributed by atoms with Gasteiger partial charge in [0.15, 0.2) is 5.78 Å². The van der Waals surface area contributed by atoms with E-state index in [9.17, 15) is 13.6 Å². The smallest absolute Gasteiger partial charge is 0.221 e. The Kier molecular flexibility index (Phi) is 14.7. The maximum Gasteiger partial charge on any atom is 0.221 e. The number of rotatable bonds is 18. The van der Waals surface area contributed by atoms with Crippen molar-refractivity contribution in [2.24, 2.45) is 22.7 Å². The van der Waals surface area contributed by atoms with E-state index < -0.39 is 11.6 Å². The first-order chi connectivity index (χ1) is 19.6. The molecule has 1 aliphatic carbocycles. The molecule has 0 amide bonds. The van der Waals surface area contributed by atoms with Crippen LogP contribution in [0.3, 0.4) is 0 Å². The second-order valence-electron chi connectivity index (χ2n) is 10.8. The van der Waals surface area contributed by atoms with Gasteiger partial charge in [0.2, 0.25) is 5.90 Å². The van der Waals surface area contributed by atoms with E-state index in [0.717, 1.165) is 37.7 Å². The van der Waals surface area contributed by atoms with Crippen molar-refractivity contribution in [3.63, 3.8) is 0 Å². The number of hydrogen-bond acceptors (Lipinski definition) is 5. The van der Waals surface area contributed by atoms with Gasteiger partial charge in [0.05, 0.1) is 25.2 Å². The van der Waals surface area contributed by atoms with Crippen molar-refractivity contribution in [3.8, 4) is 5.75 Å². The highest BCUT2D eigenvalue weighted by Gasteiger charge is 2.41. The molecule has 1 saturated carbocycles. The normalized spacial score (nSPS) is 18.5. The number of Topliss-reactive ketones (excluding diaryl/α,β-unsaturated/α-hetero) is 1. The Morgan fingerprint density at radius 2 is 1.88 bits per heavy atom. The lowest BCUT2D eigenvalue weighted by Crippen LogP contribution is -2.09. The fraction of sp³-hybridized carbons (Fsp3) is 0.529. The van der Waals surface area contributed by atoms with E-state index in [2.05, 4.69) is 24.6 Å². The number of allylic oxidation sites excluding steroid dienone is 4. The number of nitrogens with zero attached hydrogens (tertiary/aromatic N) is 1. The molecule has 0 bridgehead atoms. The lowest BCUT2D eigenvalue weighted by atomic mass is 9.91. The van der Waals surface area contributed by atoms with E-state index in [0.29, 0.717) is 48.1 Å².